The van der Waals surface area contributed by atoms with E-state index in [-0.39, 0.29) is 5.69 Å². The van der Waals surface area contributed by atoms with E-state index < -0.39 is 4.92 Å². The van der Waals surface area contributed by atoms with E-state index >= 15 is 0 Å². The highest BCUT2D eigenvalue weighted by Gasteiger charge is 2.11. The van der Waals surface area contributed by atoms with Crippen molar-refractivity contribution in [2.75, 3.05) is 6.61 Å². The van der Waals surface area contributed by atoms with Crippen LogP contribution in [0.15, 0.2) is 60.7 Å². The SMILES string of the molecule is CCOc1ccc2ccccc2c1/C=C(/C#N)c1ccc([N+](=O)[O-])cc1. The number of nitrogens with zero attached hydrogens (tertiary/aromatic N) is 2. The molecule has 0 aromatic heterocycles. The van der Waals surface area contributed by atoms with Gasteiger partial charge in [0.05, 0.1) is 23.2 Å². The number of allylic oxidation sites excluding steroid dienone is 1. The lowest BCUT2D eigenvalue weighted by molar-refractivity contribution is -0.384. The number of benzene rings is 3. The van der Waals surface area contributed by atoms with Gasteiger partial charge in [0, 0.05) is 17.7 Å². The van der Waals surface area contributed by atoms with Crippen molar-refractivity contribution in [3.8, 4) is 11.8 Å². The van der Waals surface area contributed by atoms with Crippen LogP contribution in [-0.4, -0.2) is 11.5 Å². The fourth-order valence-electron chi connectivity index (χ4n) is 2.79. The van der Waals surface area contributed by atoms with Gasteiger partial charge in [0.25, 0.3) is 5.69 Å². The second-order valence-electron chi connectivity index (χ2n) is 5.61. The molecule has 0 bridgehead atoms. The number of nitriles is 1. The number of nitro benzene ring substituents is 1. The monoisotopic (exact) mass is 344 g/mol. The van der Waals surface area contributed by atoms with Gasteiger partial charge in [0.15, 0.2) is 0 Å². The molecule has 5 nitrogen and oxygen atoms in total. The molecule has 0 fully saturated rings. The van der Waals surface area contributed by atoms with E-state index in [0.29, 0.717) is 23.5 Å². The van der Waals surface area contributed by atoms with Gasteiger partial charge in [-0.3, -0.25) is 10.1 Å². The standard InChI is InChI=1S/C21H16N2O3/c1-2-26-21-12-9-16-5-3-4-6-19(16)20(21)13-17(14-22)15-7-10-18(11-8-15)23(24)25/h3-13H,2H2,1H3/b17-13-. The maximum Gasteiger partial charge on any atom is 0.269 e. The lowest BCUT2D eigenvalue weighted by Gasteiger charge is -2.11. The lowest BCUT2D eigenvalue weighted by atomic mass is 9.98. The van der Waals surface area contributed by atoms with Crippen molar-refractivity contribution in [1.82, 2.24) is 0 Å². The molecule has 0 amide bonds. The molecule has 0 heterocycles. The Labute approximate surface area is 150 Å². The number of fused-ring (bicyclic) bond motifs is 1. The van der Waals surface area contributed by atoms with Gasteiger partial charge in [-0.15, -0.1) is 0 Å². The van der Waals surface area contributed by atoms with Crippen LogP contribution in [0.1, 0.15) is 18.1 Å². The summed E-state index contributed by atoms with van der Waals surface area (Å²) in [6.45, 7) is 2.42. The number of hydrogen-bond acceptors (Lipinski definition) is 4. The van der Waals surface area contributed by atoms with Crippen molar-refractivity contribution in [1.29, 1.82) is 5.26 Å². The predicted octanol–water partition coefficient (Wildman–Crippen LogP) is 5.21. The zero-order chi connectivity index (χ0) is 18.5. The van der Waals surface area contributed by atoms with Crippen LogP contribution in [0.25, 0.3) is 22.4 Å². The largest absolute Gasteiger partial charge is 0.493 e. The summed E-state index contributed by atoms with van der Waals surface area (Å²) in [6, 6.07) is 19.9. The molecule has 3 aromatic carbocycles. The molecule has 0 aliphatic rings. The molecule has 0 N–H and O–H groups in total. The molecule has 3 rings (SSSR count). The Morgan fingerprint density at radius 2 is 1.88 bits per heavy atom. The van der Waals surface area contributed by atoms with E-state index in [2.05, 4.69) is 6.07 Å². The Hall–Kier alpha value is -3.65. The molecular weight excluding hydrogens is 328 g/mol. The van der Waals surface area contributed by atoms with Crippen molar-refractivity contribution < 1.29 is 9.66 Å². The van der Waals surface area contributed by atoms with Gasteiger partial charge in [-0.25, -0.2) is 0 Å². The van der Waals surface area contributed by atoms with Crippen molar-refractivity contribution in [2.45, 2.75) is 6.92 Å². The quantitative estimate of drug-likeness (QED) is 0.275. The van der Waals surface area contributed by atoms with Crippen LogP contribution in [0, 0.1) is 21.4 Å². The highest BCUT2D eigenvalue weighted by molar-refractivity contribution is 6.00. The van der Waals surface area contributed by atoms with Crippen molar-refractivity contribution >= 4 is 28.1 Å². The minimum atomic E-state index is -0.461. The summed E-state index contributed by atoms with van der Waals surface area (Å²) in [6.07, 6.45) is 1.77. The molecule has 0 aliphatic carbocycles. The van der Waals surface area contributed by atoms with Gasteiger partial charge >= 0.3 is 0 Å². The van der Waals surface area contributed by atoms with E-state index in [0.717, 1.165) is 16.3 Å². The Kier molecular flexibility index (Phi) is 4.95. The Morgan fingerprint density at radius 3 is 2.54 bits per heavy atom. The molecule has 3 aromatic rings. The number of rotatable bonds is 5. The summed E-state index contributed by atoms with van der Waals surface area (Å²) >= 11 is 0. The van der Waals surface area contributed by atoms with Crippen molar-refractivity contribution in [3.05, 3.63) is 81.9 Å². The van der Waals surface area contributed by atoms with Gasteiger partial charge in [-0.2, -0.15) is 5.26 Å². The van der Waals surface area contributed by atoms with Crippen LogP contribution >= 0.6 is 0 Å². The molecular formula is C21H16N2O3. The van der Waals surface area contributed by atoms with Gasteiger partial charge in [-0.05, 0) is 47.5 Å². The zero-order valence-electron chi connectivity index (χ0n) is 14.2. The van der Waals surface area contributed by atoms with Crippen LogP contribution in [0.5, 0.6) is 5.75 Å². The number of non-ortho nitro benzene ring substituents is 1. The minimum absolute atomic E-state index is 0.00814. The zero-order valence-corrected chi connectivity index (χ0v) is 14.2. The van der Waals surface area contributed by atoms with Gasteiger partial charge in [0.1, 0.15) is 5.75 Å². The predicted molar refractivity (Wildman–Crippen MR) is 102 cm³/mol. The van der Waals surface area contributed by atoms with Crippen molar-refractivity contribution in [3.63, 3.8) is 0 Å². The first-order valence-electron chi connectivity index (χ1n) is 8.15. The maximum absolute atomic E-state index is 10.8. The third-order valence-corrected chi connectivity index (χ3v) is 4.03. The fraction of sp³-hybridized carbons (Fsp3) is 0.0952. The molecule has 0 saturated heterocycles. The number of hydrogen-bond donors (Lipinski definition) is 0. The molecule has 128 valence electrons. The number of ether oxygens (including phenoxy) is 1. The number of nitro groups is 1. The van der Waals surface area contributed by atoms with Crippen LogP contribution in [0.4, 0.5) is 5.69 Å². The first-order chi connectivity index (χ1) is 12.6. The molecule has 0 radical (unpaired) electrons. The molecule has 0 saturated carbocycles. The summed E-state index contributed by atoms with van der Waals surface area (Å²) in [5.41, 5.74) is 1.84. The smallest absolute Gasteiger partial charge is 0.269 e. The van der Waals surface area contributed by atoms with E-state index in [9.17, 15) is 15.4 Å². The first kappa shape index (κ1) is 17.2. The van der Waals surface area contributed by atoms with Gasteiger partial charge in [0.2, 0.25) is 0 Å². The Balaban J connectivity index is 2.15. The van der Waals surface area contributed by atoms with Crippen LogP contribution in [0.2, 0.25) is 0 Å². The van der Waals surface area contributed by atoms with E-state index in [1.165, 1.54) is 12.1 Å². The maximum atomic E-state index is 10.8. The summed E-state index contributed by atoms with van der Waals surface area (Å²) in [4.78, 5) is 10.4. The van der Waals surface area contributed by atoms with Crippen LogP contribution in [-0.2, 0) is 0 Å². The van der Waals surface area contributed by atoms with E-state index in [4.69, 9.17) is 4.74 Å². The molecule has 5 heteroatoms. The summed E-state index contributed by atoms with van der Waals surface area (Å²) in [5.74, 6) is 0.695. The van der Waals surface area contributed by atoms with Gasteiger partial charge < -0.3 is 4.74 Å². The van der Waals surface area contributed by atoms with Crippen LogP contribution in [0.3, 0.4) is 0 Å². The van der Waals surface area contributed by atoms with Gasteiger partial charge in [-0.1, -0.05) is 30.3 Å². The second kappa shape index (κ2) is 7.49. The molecule has 0 unspecified atom stereocenters. The fourth-order valence-corrected chi connectivity index (χ4v) is 2.79. The van der Waals surface area contributed by atoms with Crippen molar-refractivity contribution in [2.24, 2.45) is 0 Å². The first-order valence-corrected chi connectivity index (χ1v) is 8.15. The summed E-state index contributed by atoms with van der Waals surface area (Å²) in [7, 11) is 0. The summed E-state index contributed by atoms with van der Waals surface area (Å²) in [5, 5.41) is 22.5. The third kappa shape index (κ3) is 3.40. The average molecular weight is 344 g/mol. The third-order valence-electron chi connectivity index (χ3n) is 4.03. The molecule has 0 atom stereocenters. The van der Waals surface area contributed by atoms with Crippen LogP contribution < -0.4 is 4.74 Å². The molecule has 26 heavy (non-hydrogen) atoms. The Bertz CT molecular complexity index is 1030. The topological polar surface area (TPSA) is 76.2 Å². The highest BCUT2D eigenvalue weighted by Crippen LogP contribution is 2.32. The molecule has 0 spiro atoms. The normalized spacial score (nSPS) is 11.2. The minimum Gasteiger partial charge on any atom is -0.493 e. The Morgan fingerprint density at radius 1 is 1.15 bits per heavy atom. The lowest BCUT2D eigenvalue weighted by Crippen LogP contribution is -1.95. The highest BCUT2D eigenvalue weighted by atomic mass is 16.6. The van der Waals surface area contributed by atoms with E-state index in [1.54, 1.807) is 18.2 Å². The van der Waals surface area contributed by atoms with E-state index in [1.807, 2.05) is 43.3 Å². The second-order valence-corrected chi connectivity index (χ2v) is 5.61. The summed E-state index contributed by atoms with van der Waals surface area (Å²) < 4.78 is 5.73. The average Bonchev–Trinajstić information content (AvgIpc) is 2.67. The molecule has 0 aliphatic heterocycles.